The summed E-state index contributed by atoms with van der Waals surface area (Å²) in [4.78, 5) is 5.97. The van der Waals surface area contributed by atoms with Crippen LogP contribution in [0.15, 0.2) is 34.2 Å². The Hall–Kier alpha value is -1.22. The first-order valence-electron chi connectivity index (χ1n) is 6.83. The first kappa shape index (κ1) is 16.6. The molecule has 3 heterocycles. The molecule has 0 atom stereocenters. The Morgan fingerprint density at radius 1 is 1.26 bits per heavy atom. The van der Waals surface area contributed by atoms with E-state index >= 15 is 0 Å². The lowest BCUT2D eigenvalue weighted by Gasteiger charge is -2.01. The van der Waals surface area contributed by atoms with Crippen LogP contribution >= 0.6 is 34.3 Å². The lowest BCUT2D eigenvalue weighted by molar-refractivity contribution is 0.378. The Balaban J connectivity index is 1.52. The summed E-state index contributed by atoms with van der Waals surface area (Å²) in [6.07, 6.45) is 0.899. The van der Waals surface area contributed by atoms with Crippen LogP contribution in [0.1, 0.15) is 17.2 Å². The number of thiophene rings is 2. The van der Waals surface area contributed by atoms with Crippen molar-refractivity contribution in [2.45, 2.75) is 18.6 Å². The van der Waals surface area contributed by atoms with E-state index in [2.05, 4.69) is 10.1 Å². The molecule has 0 amide bonds. The highest BCUT2D eigenvalue weighted by Gasteiger charge is 2.15. The molecule has 0 fully saturated rings. The highest BCUT2D eigenvalue weighted by Crippen LogP contribution is 2.24. The van der Waals surface area contributed by atoms with Crippen molar-refractivity contribution >= 4 is 44.1 Å². The van der Waals surface area contributed by atoms with Gasteiger partial charge in [-0.15, -0.1) is 22.7 Å². The Morgan fingerprint density at radius 3 is 2.83 bits per heavy atom. The minimum Gasteiger partial charge on any atom is -0.339 e. The van der Waals surface area contributed by atoms with Gasteiger partial charge in [-0.25, -0.2) is 8.42 Å². The van der Waals surface area contributed by atoms with Crippen molar-refractivity contribution < 1.29 is 12.9 Å². The summed E-state index contributed by atoms with van der Waals surface area (Å²) >= 11 is 8.64. The van der Waals surface area contributed by atoms with Crippen molar-refractivity contribution in [3.8, 4) is 10.7 Å². The number of aryl methyl sites for hydroxylation is 1. The first-order valence-corrected chi connectivity index (χ1v) is 10.7. The molecular formula is C14H13ClN2O3S3. The predicted molar refractivity (Wildman–Crippen MR) is 92.8 cm³/mol. The van der Waals surface area contributed by atoms with Gasteiger partial charge in [-0.2, -0.15) is 4.98 Å². The molecule has 3 aromatic heterocycles. The summed E-state index contributed by atoms with van der Waals surface area (Å²) in [5.41, 5.74) is 0. The van der Waals surface area contributed by atoms with E-state index in [1.165, 1.54) is 22.7 Å². The van der Waals surface area contributed by atoms with E-state index < -0.39 is 9.84 Å². The lowest BCUT2D eigenvalue weighted by Crippen LogP contribution is -2.09. The molecule has 0 aliphatic carbocycles. The minimum atomic E-state index is -3.16. The van der Waals surface area contributed by atoms with Gasteiger partial charge in [-0.3, -0.25) is 0 Å². The van der Waals surface area contributed by atoms with Gasteiger partial charge in [0.05, 0.1) is 20.7 Å². The van der Waals surface area contributed by atoms with Crippen molar-refractivity contribution in [1.29, 1.82) is 0 Å². The molecule has 3 aromatic rings. The second-order valence-electron chi connectivity index (χ2n) is 4.89. The van der Waals surface area contributed by atoms with Crippen LogP contribution in [0, 0.1) is 0 Å². The normalized spacial score (nSPS) is 11.9. The monoisotopic (exact) mass is 388 g/mol. The van der Waals surface area contributed by atoms with Crippen molar-refractivity contribution in [1.82, 2.24) is 10.1 Å². The largest absolute Gasteiger partial charge is 0.339 e. The van der Waals surface area contributed by atoms with Crippen molar-refractivity contribution in [3.05, 3.63) is 44.7 Å². The molecule has 3 rings (SSSR count). The molecule has 0 N–H and O–H groups in total. The third kappa shape index (κ3) is 4.63. The maximum atomic E-state index is 12.1. The average Bonchev–Trinajstić information content (AvgIpc) is 3.19. The van der Waals surface area contributed by atoms with Crippen LogP contribution in [0.5, 0.6) is 0 Å². The predicted octanol–water partition coefficient (Wildman–Crippen LogP) is 4.06. The van der Waals surface area contributed by atoms with Crippen molar-refractivity contribution in [3.63, 3.8) is 0 Å². The average molecular weight is 389 g/mol. The maximum Gasteiger partial charge on any atom is 0.227 e. The van der Waals surface area contributed by atoms with Gasteiger partial charge in [-0.05, 0) is 30.0 Å². The Morgan fingerprint density at radius 2 is 2.13 bits per heavy atom. The lowest BCUT2D eigenvalue weighted by atomic mass is 10.3. The van der Waals surface area contributed by atoms with E-state index in [9.17, 15) is 8.42 Å². The molecule has 0 aromatic carbocycles. The van der Waals surface area contributed by atoms with Crippen LogP contribution in [-0.2, 0) is 22.0 Å². The summed E-state index contributed by atoms with van der Waals surface area (Å²) < 4.78 is 29.9. The Bertz CT molecular complexity index is 869. The number of hydrogen-bond acceptors (Lipinski definition) is 7. The third-order valence-corrected chi connectivity index (χ3v) is 6.99. The summed E-state index contributed by atoms with van der Waals surface area (Å²) in [5.74, 6) is 1.11. The van der Waals surface area contributed by atoms with E-state index in [4.69, 9.17) is 16.1 Å². The van der Waals surface area contributed by atoms with Crippen LogP contribution < -0.4 is 0 Å². The summed E-state index contributed by atoms with van der Waals surface area (Å²) in [6, 6.07) is 7.28. The molecule has 0 aliphatic heterocycles. The fourth-order valence-electron chi connectivity index (χ4n) is 2.02. The molecule has 0 radical (unpaired) electrons. The molecule has 0 saturated carbocycles. The fraction of sp³-hybridized carbons (Fsp3) is 0.286. The number of hydrogen-bond donors (Lipinski definition) is 0. The number of nitrogens with zero attached hydrogens (tertiary/aromatic N) is 2. The van der Waals surface area contributed by atoms with Gasteiger partial charge in [0.15, 0.2) is 9.84 Å². The van der Waals surface area contributed by atoms with E-state index in [0.29, 0.717) is 28.9 Å². The molecule has 9 heteroatoms. The van der Waals surface area contributed by atoms with Gasteiger partial charge in [0.25, 0.3) is 0 Å². The van der Waals surface area contributed by atoms with Gasteiger partial charge in [0.2, 0.25) is 11.7 Å². The van der Waals surface area contributed by atoms with E-state index in [1.807, 2.05) is 17.5 Å². The number of halogens is 1. The van der Waals surface area contributed by atoms with Crippen molar-refractivity contribution in [2.75, 3.05) is 5.75 Å². The van der Waals surface area contributed by atoms with Crippen LogP contribution in [0.25, 0.3) is 10.7 Å². The molecule has 5 nitrogen and oxygen atoms in total. The summed E-state index contributed by atoms with van der Waals surface area (Å²) in [5, 5.41) is 5.85. The zero-order valence-electron chi connectivity index (χ0n) is 11.9. The number of aromatic nitrogens is 2. The van der Waals surface area contributed by atoms with Crippen molar-refractivity contribution in [2.24, 2.45) is 0 Å². The van der Waals surface area contributed by atoms with E-state index in [1.54, 1.807) is 12.1 Å². The second kappa shape index (κ2) is 7.12. The highest BCUT2D eigenvalue weighted by atomic mass is 35.5. The van der Waals surface area contributed by atoms with Gasteiger partial charge in [0.1, 0.15) is 0 Å². The number of sulfone groups is 1. The number of rotatable bonds is 7. The maximum absolute atomic E-state index is 12.1. The second-order valence-corrected chi connectivity index (χ2v) is 9.82. The van der Waals surface area contributed by atoms with Gasteiger partial charge in [0, 0.05) is 11.3 Å². The standard InChI is InChI=1S/C14H13ClN2O3S3/c15-12-6-5-10(22-12)9-23(18,19)8-2-4-13-16-14(17-20-13)11-3-1-7-21-11/h1,3,5-7H,2,4,8-9H2. The van der Waals surface area contributed by atoms with Crippen LogP contribution in [-0.4, -0.2) is 24.3 Å². The molecule has 0 bridgehead atoms. The third-order valence-electron chi connectivity index (χ3n) is 3.05. The summed E-state index contributed by atoms with van der Waals surface area (Å²) in [7, 11) is -3.16. The van der Waals surface area contributed by atoms with Crippen LogP contribution in [0.2, 0.25) is 4.34 Å². The first-order chi connectivity index (χ1) is 11.0. The van der Waals surface area contributed by atoms with Crippen LogP contribution in [0.4, 0.5) is 0 Å². The molecule has 0 unspecified atom stereocenters. The molecular weight excluding hydrogens is 376 g/mol. The fourth-order valence-corrected chi connectivity index (χ4v) is 5.59. The quantitative estimate of drug-likeness (QED) is 0.610. The Kier molecular flexibility index (Phi) is 5.15. The molecule has 23 heavy (non-hydrogen) atoms. The molecule has 0 saturated heterocycles. The smallest absolute Gasteiger partial charge is 0.227 e. The van der Waals surface area contributed by atoms with E-state index in [-0.39, 0.29) is 11.5 Å². The van der Waals surface area contributed by atoms with Crippen LogP contribution in [0.3, 0.4) is 0 Å². The van der Waals surface area contributed by atoms with Gasteiger partial charge < -0.3 is 4.52 Å². The highest BCUT2D eigenvalue weighted by molar-refractivity contribution is 7.90. The Labute approximate surface area is 146 Å². The molecule has 0 spiro atoms. The molecule has 0 aliphatic rings. The van der Waals surface area contributed by atoms with Gasteiger partial charge >= 0.3 is 0 Å². The SMILES string of the molecule is O=S(=O)(CCCc1nc(-c2cccs2)no1)Cc1ccc(Cl)s1. The topological polar surface area (TPSA) is 73.1 Å². The molecule has 122 valence electrons. The minimum absolute atomic E-state index is 0.0225. The summed E-state index contributed by atoms with van der Waals surface area (Å²) in [6.45, 7) is 0. The van der Waals surface area contributed by atoms with E-state index in [0.717, 1.165) is 9.75 Å². The zero-order chi connectivity index (χ0) is 16.3. The zero-order valence-corrected chi connectivity index (χ0v) is 15.1. The van der Waals surface area contributed by atoms with Gasteiger partial charge in [-0.1, -0.05) is 22.8 Å².